The molecule has 0 aliphatic carbocycles. The highest BCUT2D eigenvalue weighted by molar-refractivity contribution is 14.0. The third-order valence-electron chi connectivity index (χ3n) is 4.37. The molecule has 2 aromatic carbocycles. The number of halogens is 1. The van der Waals surface area contributed by atoms with E-state index in [1.807, 2.05) is 29.8 Å². The van der Waals surface area contributed by atoms with Crippen LogP contribution in [0.5, 0.6) is 5.75 Å². The van der Waals surface area contributed by atoms with Gasteiger partial charge in [0.25, 0.3) is 0 Å². The Kier molecular flexibility index (Phi) is 9.59. The highest BCUT2D eigenvalue weighted by Gasteiger charge is 2.06. The van der Waals surface area contributed by atoms with Crippen molar-refractivity contribution in [3.8, 4) is 5.75 Å². The summed E-state index contributed by atoms with van der Waals surface area (Å²) in [5.41, 5.74) is 3.54. The standard InChI is InChI=1S/C22H28N6O.HI/c1-17-6-4-9-21(10-17)29-18(2)12-25-22(23-3)26-13-19-7-5-8-20(11-19)14-28-16-24-15-27-28;/h4-11,15-16,18H,12-14H2,1-3H3,(H2,23,25,26);1H. The third-order valence-corrected chi connectivity index (χ3v) is 4.37. The lowest BCUT2D eigenvalue weighted by Gasteiger charge is -2.18. The summed E-state index contributed by atoms with van der Waals surface area (Å²) in [4.78, 5) is 8.28. The van der Waals surface area contributed by atoms with Crippen LogP contribution in [-0.2, 0) is 13.1 Å². The molecule has 1 heterocycles. The van der Waals surface area contributed by atoms with Crippen molar-refractivity contribution in [1.29, 1.82) is 0 Å². The van der Waals surface area contributed by atoms with Crippen molar-refractivity contribution in [2.45, 2.75) is 33.0 Å². The number of hydrogen-bond acceptors (Lipinski definition) is 4. The zero-order chi connectivity index (χ0) is 20.5. The maximum Gasteiger partial charge on any atom is 0.191 e. The first-order valence-electron chi connectivity index (χ1n) is 9.70. The van der Waals surface area contributed by atoms with E-state index in [4.69, 9.17) is 4.74 Å². The van der Waals surface area contributed by atoms with Gasteiger partial charge in [-0.25, -0.2) is 9.67 Å². The predicted molar refractivity (Wildman–Crippen MR) is 130 cm³/mol. The van der Waals surface area contributed by atoms with Crippen molar-refractivity contribution >= 4 is 29.9 Å². The summed E-state index contributed by atoms with van der Waals surface area (Å²) < 4.78 is 7.77. The molecule has 8 heteroatoms. The number of guanidine groups is 1. The molecule has 0 amide bonds. The van der Waals surface area contributed by atoms with Crippen LogP contribution in [0.3, 0.4) is 0 Å². The maximum atomic E-state index is 5.96. The summed E-state index contributed by atoms with van der Waals surface area (Å²) in [6.45, 7) is 6.13. The topological polar surface area (TPSA) is 76.4 Å². The molecule has 0 saturated heterocycles. The summed E-state index contributed by atoms with van der Waals surface area (Å²) in [6, 6.07) is 16.5. The molecule has 0 radical (unpaired) electrons. The van der Waals surface area contributed by atoms with Crippen LogP contribution in [0, 0.1) is 6.92 Å². The quantitative estimate of drug-likeness (QED) is 0.271. The van der Waals surface area contributed by atoms with Gasteiger partial charge >= 0.3 is 0 Å². The van der Waals surface area contributed by atoms with E-state index >= 15 is 0 Å². The molecular weight excluding hydrogens is 491 g/mol. The largest absolute Gasteiger partial charge is 0.489 e. The Bertz CT molecular complexity index is 929. The molecule has 160 valence electrons. The average Bonchev–Trinajstić information content (AvgIpc) is 3.21. The van der Waals surface area contributed by atoms with Crippen molar-refractivity contribution in [3.63, 3.8) is 0 Å². The number of ether oxygens (including phenoxy) is 1. The Labute approximate surface area is 195 Å². The molecule has 0 saturated carbocycles. The number of nitrogens with zero attached hydrogens (tertiary/aromatic N) is 4. The summed E-state index contributed by atoms with van der Waals surface area (Å²) in [7, 11) is 1.77. The van der Waals surface area contributed by atoms with Crippen molar-refractivity contribution in [1.82, 2.24) is 25.4 Å². The van der Waals surface area contributed by atoms with Gasteiger partial charge in [0.1, 0.15) is 24.5 Å². The smallest absolute Gasteiger partial charge is 0.191 e. The monoisotopic (exact) mass is 520 g/mol. The van der Waals surface area contributed by atoms with Gasteiger partial charge in [-0.2, -0.15) is 5.10 Å². The third kappa shape index (κ3) is 7.66. The SMILES string of the molecule is CN=C(NCc1cccc(Cn2cncn2)c1)NCC(C)Oc1cccc(C)c1.I. The first-order valence-corrected chi connectivity index (χ1v) is 9.70. The van der Waals surface area contributed by atoms with Gasteiger partial charge in [0.2, 0.25) is 0 Å². The van der Waals surface area contributed by atoms with Crippen LogP contribution in [0.1, 0.15) is 23.6 Å². The van der Waals surface area contributed by atoms with Crippen molar-refractivity contribution in [2.75, 3.05) is 13.6 Å². The molecule has 1 atom stereocenters. The molecule has 0 fully saturated rings. The number of aromatic nitrogens is 3. The Morgan fingerprint density at radius 3 is 2.67 bits per heavy atom. The molecule has 30 heavy (non-hydrogen) atoms. The van der Waals surface area contributed by atoms with Gasteiger partial charge < -0.3 is 15.4 Å². The second kappa shape index (κ2) is 12.2. The molecule has 0 spiro atoms. The molecule has 3 rings (SSSR count). The Hall–Kier alpha value is -2.62. The van der Waals surface area contributed by atoms with Crippen LogP contribution in [0.2, 0.25) is 0 Å². The van der Waals surface area contributed by atoms with E-state index in [9.17, 15) is 0 Å². The molecule has 1 aromatic heterocycles. The second-order valence-corrected chi connectivity index (χ2v) is 6.96. The number of aryl methyl sites for hydroxylation is 1. The number of nitrogens with one attached hydrogen (secondary N) is 2. The second-order valence-electron chi connectivity index (χ2n) is 6.96. The van der Waals surface area contributed by atoms with E-state index in [-0.39, 0.29) is 30.1 Å². The fourth-order valence-corrected chi connectivity index (χ4v) is 2.95. The van der Waals surface area contributed by atoms with Crippen LogP contribution < -0.4 is 15.4 Å². The zero-order valence-corrected chi connectivity index (χ0v) is 19.9. The number of hydrogen-bond donors (Lipinski definition) is 2. The number of aliphatic imine (C=N–C) groups is 1. The molecule has 0 bridgehead atoms. The Balaban J connectivity index is 0.00000320. The van der Waals surface area contributed by atoms with Gasteiger partial charge in [0.05, 0.1) is 13.1 Å². The van der Waals surface area contributed by atoms with E-state index in [0.717, 1.165) is 11.7 Å². The van der Waals surface area contributed by atoms with Crippen LogP contribution in [0.25, 0.3) is 0 Å². The summed E-state index contributed by atoms with van der Waals surface area (Å²) >= 11 is 0. The zero-order valence-electron chi connectivity index (χ0n) is 17.6. The summed E-state index contributed by atoms with van der Waals surface area (Å²) in [5, 5.41) is 10.8. The molecular formula is C22H29IN6O. The lowest BCUT2D eigenvalue weighted by molar-refractivity contribution is 0.223. The first-order chi connectivity index (χ1) is 14.1. The Morgan fingerprint density at radius 2 is 1.93 bits per heavy atom. The molecule has 0 aliphatic rings. The highest BCUT2D eigenvalue weighted by Crippen LogP contribution is 2.13. The summed E-state index contributed by atoms with van der Waals surface area (Å²) in [5.74, 6) is 1.62. The van der Waals surface area contributed by atoms with Gasteiger partial charge in [-0.05, 0) is 42.7 Å². The number of benzene rings is 2. The van der Waals surface area contributed by atoms with Gasteiger partial charge in [-0.3, -0.25) is 4.99 Å². The number of rotatable bonds is 8. The lowest BCUT2D eigenvalue weighted by atomic mass is 10.1. The van der Waals surface area contributed by atoms with Crippen LogP contribution >= 0.6 is 24.0 Å². The highest BCUT2D eigenvalue weighted by atomic mass is 127. The molecule has 7 nitrogen and oxygen atoms in total. The van der Waals surface area contributed by atoms with Crippen LogP contribution in [0.4, 0.5) is 0 Å². The minimum Gasteiger partial charge on any atom is -0.489 e. The predicted octanol–water partition coefficient (Wildman–Crippen LogP) is 3.39. The van der Waals surface area contributed by atoms with E-state index in [2.05, 4.69) is 63.0 Å². The minimum atomic E-state index is 0. The maximum absolute atomic E-state index is 5.96. The van der Waals surface area contributed by atoms with E-state index in [1.54, 1.807) is 19.7 Å². The normalized spacial score (nSPS) is 12.0. The fourth-order valence-electron chi connectivity index (χ4n) is 2.95. The molecule has 3 aromatic rings. The van der Waals surface area contributed by atoms with E-state index < -0.39 is 0 Å². The molecule has 0 aliphatic heterocycles. The molecule has 1 unspecified atom stereocenters. The summed E-state index contributed by atoms with van der Waals surface area (Å²) in [6.07, 6.45) is 3.28. The average molecular weight is 520 g/mol. The van der Waals surface area contributed by atoms with Crippen molar-refractivity contribution < 1.29 is 4.74 Å². The van der Waals surface area contributed by atoms with Crippen LogP contribution in [0.15, 0.2) is 66.2 Å². The van der Waals surface area contributed by atoms with Crippen LogP contribution in [-0.4, -0.2) is 40.4 Å². The van der Waals surface area contributed by atoms with Crippen molar-refractivity contribution in [2.24, 2.45) is 4.99 Å². The van der Waals surface area contributed by atoms with Gasteiger partial charge in [-0.1, -0.05) is 36.4 Å². The first kappa shape index (κ1) is 23.7. The van der Waals surface area contributed by atoms with E-state index in [1.165, 1.54) is 16.7 Å². The molecule has 2 N–H and O–H groups in total. The van der Waals surface area contributed by atoms with Crippen molar-refractivity contribution in [3.05, 3.63) is 77.9 Å². The fraction of sp³-hybridized carbons (Fsp3) is 0.318. The van der Waals surface area contributed by atoms with Gasteiger partial charge in [0.15, 0.2) is 5.96 Å². The Morgan fingerprint density at radius 1 is 1.13 bits per heavy atom. The minimum absolute atomic E-state index is 0. The lowest BCUT2D eigenvalue weighted by Crippen LogP contribution is -2.41. The van der Waals surface area contributed by atoms with Gasteiger partial charge in [0, 0.05) is 13.6 Å². The van der Waals surface area contributed by atoms with Gasteiger partial charge in [-0.15, -0.1) is 24.0 Å². The van der Waals surface area contributed by atoms with E-state index in [0.29, 0.717) is 19.6 Å².